The van der Waals surface area contributed by atoms with Gasteiger partial charge in [0.1, 0.15) is 0 Å². The van der Waals surface area contributed by atoms with Gasteiger partial charge in [-0.05, 0) is 46.2 Å². The van der Waals surface area contributed by atoms with Crippen LogP contribution in [0.25, 0.3) is 0 Å². The Bertz CT molecular complexity index is 295. The fourth-order valence-electron chi connectivity index (χ4n) is 2.01. The summed E-state index contributed by atoms with van der Waals surface area (Å²) in [7, 11) is -1.32. The number of nitrogens with zero attached hydrogens (tertiary/aromatic N) is 1. The molecule has 96 valence electrons. The van der Waals surface area contributed by atoms with Crippen LogP contribution in [-0.2, 0) is 10.2 Å². The zero-order chi connectivity index (χ0) is 12.2. The molecular formula is C10H23N3O2S. The maximum atomic E-state index is 11.9. The SMILES string of the molecule is CNCC1CCN(S(=O)(=O)NC(C)C)CC1. The van der Waals surface area contributed by atoms with E-state index in [0.717, 1.165) is 19.4 Å². The Morgan fingerprint density at radius 3 is 2.31 bits per heavy atom. The summed E-state index contributed by atoms with van der Waals surface area (Å²) in [5.74, 6) is 0.607. The van der Waals surface area contributed by atoms with E-state index in [1.807, 2.05) is 20.9 Å². The predicted octanol–water partition coefficient (Wildman–Crippen LogP) is 0.161. The molecular weight excluding hydrogens is 226 g/mol. The molecule has 0 saturated carbocycles. The Morgan fingerprint density at radius 2 is 1.88 bits per heavy atom. The minimum Gasteiger partial charge on any atom is -0.319 e. The molecule has 1 heterocycles. The Morgan fingerprint density at radius 1 is 1.31 bits per heavy atom. The molecule has 5 nitrogen and oxygen atoms in total. The number of hydrogen-bond donors (Lipinski definition) is 2. The Hall–Kier alpha value is -0.170. The van der Waals surface area contributed by atoms with E-state index in [9.17, 15) is 8.42 Å². The first-order chi connectivity index (χ1) is 7.45. The molecule has 6 heteroatoms. The topological polar surface area (TPSA) is 61.4 Å². The second-order valence-electron chi connectivity index (χ2n) is 4.68. The molecule has 0 aromatic carbocycles. The molecule has 1 rings (SSSR count). The maximum absolute atomic E-state index is 11.9. The van der Waals surface area contributed by atoms with Crippen molar-refractivity contribution in [2.24, 2.45) is 5.92 Å². The Kier molecular flexibility index (Phi) is 5.17. The van der Waals surface area contributed by atoms with E-state index >= 15 is 0 Å². The monoisotopic (exact) mass is 249 g/mol. The van der Waals surface area contributed by atoms with E-state index in [4.69, 9.17) is 0 Å². The van der Waals surface area contributed by atoms with Crippen LogP contribution in [0.2, 0.25) is 0 Å². The number of hydrogen-bond acceptors (Lipinski definition) is 3. The van der Waals surface area contributed by atoms with Crippen LogP contribution in [0, 0.1) is 5.92 Å². The third-order valence-electron chi connectivity index (χ3n) is 2.79. The third-order valence-corrected chi connectivity index (χ3v) is 4.61. The van der Waals surface area contributed by atoms with Crippen molar-refractivity contribution in [1.29, 1.82) is 0 Å². The van der Waals surface area contributed by atoms with Crippen LogP contribution in [0.3, 0.4) is 0 Å². The lowest BCUT2D eigenvalue weighted by Gasteiger charge is -2.31. The van der Waals surface area contributed by atoms with Crippen LogP contribution in [0.15, 0.2) is 0 Å². The van der Waals surface area contributed by atoms with E-state index in [2.05, 4.69) is 10.0 Å². The van der Waals surface area contributed by atoms with Gasteiger partial charge in [-0.3, -0.25) is 0 Å². The molecule has 0 spiro atoms. The van der Waals surface area contributed by atoms with Gasteiger partial charge < -0.3 is 5.32 Å². The smallest absolute Gasteiger partial charge is 0.279 e. The van der Waals surface area contributed by atoms with Gasteiger partial charge in [0.05, 0.1) is 0 Å². The van der Waals surface area contributed by atoms with E-state index in [1.54, 1.807) is 4.31 Å². The molecule has 1 aliphatic heterocycles. The largest absolute Gasteiger partial charge is 0.319 e. The summed E-state index contributed by atoms with van der Waals surface area (Å²) < 4.78 is 27.9. The first kappa shape index (κ1) is 13.9. The van der Waals surface area contributed by atoms with E-state index < -0.39 is 10.2 Å². The van der Waals surface area contributed by atoms with Crippen molar-refractivity contribution in [2.75, 3.05) is 26.7 Å². The molecule has 2 N–H and O–H groups in total. The molecule has 16 heavy (non-hydrogen) atoms. The number of nitrogens with one attached hydrogen (secondary N) is 2. The molecule has 1 aliphatic rings. The first-order valence-electron chi connectivity index (χ1n) is 5.87. The molecule has 0 aromatic rings. The van der Waals surface area contributed by atoms with Crippen LogP contribution in [0.5, 0.6) is 0 Å². The first-order valence-corrected chi connectivity index (χ1v) is 7.31. The van der Waals surface area contributed by atoms with Crippen LogP contribution >= 0.6 is 0 Å². The highest BCUT2D eigenvalue weighted by Gasteiger charge is 2.27. The summed E-state index contributed by atoms with van der Waals surface area (Å²) in [6, 6.07) is -0.0416. The van der Waals surface area contributed by atoms with Crippen LogP contribution < -0.4 is 10.0 Å². The molecule has 0 aromatic heterocycles. The van der Waals surface area contributed by atoms with E-state index in [0.29, 0.717) is 19.0 Å². The summed E-state index contributed by atoms with van der Waals surface area (Å²) >= 11 is 0. The molecule has 0 bridgehead atoms. The van der Waals surface area contributed by atoms with Gasteiger partial charge in [0.15, 0.2) is 0 Å². The minimum atomic E-state index is -3.26. The van der Waals surface area contributed by atoms with E-state index in [-0.39, 0.29) is 6.04 Å². The summed E-state index contributed by atoms with van der Waals surface area (Å²) in [5.41, 5.74) is 0. The summed E-state index contributed by atoms with van der Waals surface area (Å²) in [6.07, 6.45) is 1.89. The minimum absolute atomic E-state index is 0.0416. The van der Waals surface area contributed by atoms with Gasteiger partial charge in [-0.15, -0.1) is 0 Å². The maximum Gasteiger partial charge on any atom is 0.279 e. The summed E-state index contributed by atoms with van der Waals surface area (Å²) in [4.78, 5) is 0. The van der Waals surface area contributed by atoms with E-state index in [1.165, 1.54) is 0 Å². The number of rotatable bonds is 5. The average Bonchev–Trinajstić information content (AvgIpc) is 2.17. The normalized spacial score (nSPS) is 20.5. The lowest BCUT2D eigenvalue weighted by Crippen LogP contribution is -2.47. The van der Waals surface area contributed by atoms with Crippen molar-refractivity contribution in [1.82, 2.24) is 14.3 Å². The fraction of sp³-hybridized carbons (Fsp3) is 1.00. The predicted molar refractivity (Wildman–Crippen MR) is 65.4 cm³/mol. The second-order valence-corrected chi connectivity index (χ2v) is 6.38. The van der Waals surface area contributed by atoms with Crippen molar-refractivity contribution in [3.8, 4) is 0 Å². The van der Waals surface area contributed by atoms with Gasteiger partial charge in [0.2, 0.25) is 0 Å². The summed E-state index contributed by atoms with van der Waals surface area (Å²) in [6.45, 7) is 5.92. The second kappa shape index (κ2) is 5.95. The van der Waals surface area contributed by atoms with Crippen molar-refractivity contribution < 1.29 is 8.42 Å². The number of piperidine rings is 1. The molecule has 1 fully saturated rings. The highest BCUT2D eigenvalue weighted by Crippen LogP contribution is 2.18. The quantitative estimate of drug-likeness (QED) is 0.730. The highest BCUT2D eigenvalue weighted by molar-refractivity contribution is 7.87. The van der Waals surface area contributed by atoms with Gasteiger partial charge in [0, 0.05) is 19.1 Å². The molecule has 0 aliphatic carbocycles. The standard InChI is InChI=1S/C10H23N3O2S/c1-9(2)12-16(14,15)13-6-4-10(5-7-13)8-11-3/h9-12H,4-8H2,1-3H3. The van der Waals surface area contributed by atoms with Crippen molar-refractivity contribution in [2.45, 2.75) is 32.7 Å². The van der Waals surface area contributed by atoms with Gasteiger partial charge in [-0.2, -0.15) is 17.4 Å². The lowest BCUT2D eigenvalue weighted by atomic mass is 9.98. The van der Waals surface area contributed by atoms with Crippen LogP contribution in [0.1, 0.15) is 26.7 Å². The average molecular weight is 249 g/mol. The van der Waals surface area contributed by atoms with Crippen molar-refractivity contribution >= 4 is 10.2 Å². The fourth-order valence-corrected chi connectivity index (χ4v) is 3.45. The highest BCUT2D eigenvalue weighted by atomic mass is 32.2. The lowest BCUT2D eigenvalue weighted by molar-refractivity contribution is 0.267. The van der Waals surface area contributed by atoms with Gasteiger partial charge in [-0.25, -0.2) is 0 Å². The Labute approximate surface area is 98.8 Å². The zero-order valence-electron chi connectivity index (χ0n) is 10.4. The molecule has 0 radical (unpaired) electrons. The molecule has 0 atom stereocenters. The van der Waals surface area contributed by atoms with Crippen molar-refractivity contribution in [3.63, 3.8) is 0 Å². The zero-order valence-corrected chi connectivity index (χ0v) is 11.2. The van der Waals surface area contributed by atoms with Crippen molar-refractivity contribution in [3.05, 3.63) is 0 Å². The third kappa shape index (κ3) is 4.01. The molecule has 0 amide bonds. The molecule has 1 saturated heterocycles. The van der Waals surface area contributed by atoms with Crippen LogP contribution in [-0.4, -0.2) is 45.4 Å². The summed E-state index contributed by atoms with van der Waals surface area (Å²) in [5, 5.41) is 3.14. The van der Waals surface area contributed by atoms with Crippen LogP contribution in [0.4, 0.5) is 0 Å². The van der Waals surface area contributed by atoms with Gasteiger partial charge in [0.25, 0.3) is 10.2 Å². The molecule has 0 unspecified atom stereocenters. The van der Waals surface area contributed by atoms with Gasteiger partial charge >= 0.3 is 0 Å². The Balaban J connectivity index is 2.47. The van der Waals surface area contributed by atoms with Gasteiger partial charge in [-0.1, -0.05) is 0 Å².